The average Bonchev–Trinajstić information content (AvgIpc) is 3.33. The van der Waals surface area contributed by atoms with E-state index in [-0.39, 0.29) is 24.3 Å². The summed E-state index contributed by atoms with van der Waals surface area (Å²) in [6.45, 7) is 0.653. The van der Waals surface area contributed by atoms with Gasteiger partial charge in [0.25, 0.3) is 5.91 Å². The fraction of sp³-hybridized carbons (Fsp3) is 0.276. The number of benzene rings is 3. The van der Waals surface area contributed by atoms with Gasteiger partial charge in [-0.25, -0.2) is 0 Å². The maximum Gasteiger partial charge on any atom is 0.254 e. The first-order valence-electron chi connectivity index (χ1n) is 12.0. The van der Waals surface area contributed by atoms with Crippen LogP contribution in [0.3, 0.4) is 0 Å². The maximum absolute atomic E-state index is 13.4. The van der Waals surface area contributed by atoms with Crippen LogP contribution in [0.15, 0.2) is 78.0 Å². The summed E-state index contributed by atoms with van der Waals surface area (Å²) in [5, 5.41) is 7.00. The standard InChI is InChI=1S/C29H31N3O5/c1-35-26-14-9-20(15-27(26)36-2)18-30-28(33)17-25-16-24(31-37-3)19-32(25)29(34)23-12-10-22(11-13-23)21-7-5-4-6-8-21/h4-15,25H,16-19H2,1-3H3,(H,30,33)/t25-/m0/s1. The zero-order valence-corrected chi connectivity index (χ0v) is 21.3. The highest BCUT2D eigenvalue weighted by Gasteiger charge is 2.35. The second kappa shape index (κ2) is 12.1. The molecule has 1 aliphatic rings. The van der Waals surface area contributed by atoms with Crippen molar-refractivity contribution >= 4 is 17.5 Å². The molecule has 1 saturated heterocycles. The number of hydrogen-bond acceptors (Lipinski definition) is 6. The van der Waals surface area contributed by atoms with Crippen LogP contribution in [0.5, 0.6) is 11.5 Å². The minimum absolute atomic E-state index is 0.140. The van der Waals surface area contributed by atoms with Gasteiger partial charge in [0.05, 0.1) is 26.5 Å². The van der Waals surface area contributed by atoms with Crippen molar-refractivity contribution in [3.63, 3.8) is 0 Å². The molecule has 2 amide bonds. The van der Waals surface area contributed by atoms with E-state index in [1.807, 2.05) is 66.7 Å². The van der Waals surface area contributed by atoms with Crippen molar-refractivity contribution in [2.24, 2.45) is 5.16 Å². The number of likely N-dealkylation sites (tertiary alicyclic amines) is 1. The van der Waals surface area contributed by atoms with Gasteiger partial charge in [0.15, 0.2) is 11.5 Å². The number of amides is 2. The number of nitrogens with one attached hydrogen (secondary N) is 1. The molecule has 3 aromatic carbocycles. The van der Waals surface area contributed by atoms with E-state index in [0.29, 0.717) is 36.6 Å². The second-order valence-corrected chi connectivity index (χ2v) is 8.74. The van der Waals surface area contributed by atoms with Crippen LogP contribution in [0, 0.1) is 0 Å². The van der Waals surface area contributed by atoms with Crippen LogP contribution in [0.1, 0.15) is 28.8 Å². The summed E-state index contributed by atoms with van der Waals surface area (Å²) in [6.07, 6.45) is 0.634. The number of nitrogens with zero attached hydrogens (tertiary/aromatic N) is 2. The Hall–Kier alpha value is -4.33. The van der Waals surface area contributed by atoms with Gasteiger partial charge in [-0.05, 0) is 41.0 Å². The predicted octanol–water partition coefficient (Wildman–Crippen LogP) is 4.29. The van der Waals surface area contributed by atoms with Gasteiger partial charge in [-0.2, -0.15) is 0 Å². The lowest BCUT2D eigenvalue weighted by Crippen LogP contribution is -2.39. The van der Waals surface area contributed by atoms with E-state index in [0.717, 1.165) is 22.4 Å². The third kappa shape index (κ3) is 6.27. The van der Waals surface area contributed by atoms with Gasteiger partial charge in [-0.15, -0.1) is 0 Å². The Kier molecular flexibility index (Phi) is 8.40. The first kappa shape index (κ1) is 25.8. The molecule has 0 saturated carbocycles. The topological polar surface area (TPSA) is 89.5 Å². The third-order valence-electron chi connectivity index (χ3n) is 6.34. The summed E-state index contributed by atoms with van der Waals surface area (Å²) in [5.41, 5.74) is 4.29. The normalized spacial score (nSPS) is 15.9. The van der Waals surface area contributed by atoms with Crippen molar-refractivity contribution in [1.29, 1.82) is 0 Å². The zero-order valence-electron chi connectivity index (χ0n) is 21.3. The molecule has 0 bridgehead atoms. The Bertz CT molecular complexity index is 1260. The van der Waals surface area contributed by atoms with E-state index < -0.39 is 0 Å². The second-order valence-electron chi connectivity index (χ2n) is 8.74. The Morgan fingerprint density at radius 2 is 1.62 bits per heavy atom. The molecule has 0 aromatic heterocycles. The van der Waals surface area contributed by atoms with Crippen molar-refractivity contribution in [2.75, 3.05) is 27.9 Å². The van der Waals surface area contributed by atoms with E-state index >= 15 is 0 Å². The number of methoxy groups -OCH3 is 2. The largest absolute Gasteiger partial charge is 0.493 e. The molecule has 1 fully saturated rings. The summed E-state index contributed by atoms with van der Waals surface area (Å²) >= 11 is 0. The molecule has 37 heavy (non-hydrogen) atoms. The van der Waals surface area contributed by atoms with Crippen molar-refractivity contribution in [3.05, 3.63) is 83.9 Å². The molecule has 0 unspecified atom stereocenters. The van der Waals surface area contributed by atoms with Crippen LogP contribution in [-0.4, -0.2) is 56.3 Å². The van der Waals surface area contributed by atoms with E-state index in [9.17, 15) is 9.59 Å². The molecular formula is C29H31N3O5. The van der Waals surface area contributed by atoms with E-state index in [2.05, 4.69) is 10.5 Å². The fourth-order valence-electron chi connectivity index (χ4n) is 4.47. The fourth-order valence-corrected chi connectivity index (χ4v) is 4.47. The average molecular weight is 502 g/mol. The Morgan fingerprint density at radius 3 is 2.30 bits per heavy atom. The van der Waals surface area contributed by atoms with Gasteiger partial charge in [-0.3, -0.25) is 9.59 Å². The molecule has 0 aliphatic carbocycles. The Labute approximate surface area is 216 Å². The first-order valence-corrected chi connectivity index (χ1v) is 12.0. The summed E-state index contributed by atoms with van der Waals surface area (Å²) in [5.74, 6) is 0.925. The van der Waals surface area contributed by atoms with Crippen LogP contribution in [-0.2, 0) is 16.2 Å². The summed E-state index contributed by atoms with van der Waals surface area (Å²) in [4.78, 5) is 32.9. The maximum atomic E-state index is 13.4. The molecule has 1 heterocycles. The molecule has 0 spiro atoms. The van der Waals surface area contributed by atoms with Crippen molar-refractivity contribution in [2.45, 2.75) is 25.4 Å². The smallest absolute Gasteiger partial charge is 0.254 e. The van der Waals surface area contributed by atoms with Crippen LogP contribution in [0.25, 0.3) is 11.1 Å². The van der Waals surface area contributed by atoms with Crippen LogP contribution < -0.4 is 14.8 Å². The molecule has 8 nitrogen and oxygen atoms in total. The lowest BCUT2D eigenvalue weighted by Gasteiger charge is -2.24. The molecule has 1 aliphatic heterocycles. The van der Waals surface area contributed by atoms with E-state index in [1.54, 1.807) is 25.2 Å². The van der Waals surface area contributed by atoms with Gasteiger partial charge in [0, 0.05) is 31.0 Å². The highest BCUT2D eigenvalue weighted by molar-refractivity contribution is 6.01. The zero-order chi connectivity index (χ0) is 26.2. The van der Waals surface area contributed by atoms with Gasteiger partial charge < -0.3 is 24.5 Å². The number of carbonyl (C=O) groups excluding carboxylic acids is 2. The third-order valence-corrected chi connectivity index (χ3v) is 6.34. The van der Waals surface area contributed by atoms with Crippen molar-refractivity contribution in [1.82, 2.24) is 10.2 Å². The molecule has 8 heteroatoms. The molecule has 0 radical (unpaired) electrons. The number of rotatable bonds is 9. The molecule has 192 valence electrons. The van der Waals surface area contributed by atoms with Crippen molar-refractivity contribution < 1.29 is 23.9 Å². The predicted molar refractivity (Wildman–Crippen MR) is 142 cm³/mol. The monoisotopic (exact) mass is 501 g/mol. The first-order chi connectivity index (χ1) is 18.0. The minimum Gasteiger partial charge on any atom is -0.493 e. The van der Waals surface area contributed by atoms with Gasteiger partial charge in [0.1, 0.15) is 7.11 Å². The number of hydrogen-bond donors (Lipinski definition) is 1. The number of carbonyl (C=O) groups is 2. The highest BCUT2D eigenvalue weighted by Crippen LogP contribution is 2.28. The van der Waals surface area contributed by atoms with Crippen LogP contribution in [0.4, 0.5) is 0 Å². The highest BCUT2D eigenvalue weighted by atomic mass is 16.6. The lowest BCUT2D eigenvalue weighted by molar-refractivity contribution is -0.122. The molecule has 3 aromatic rings. The Balaban J connectivity index is 1.43. The lowest BCUT2D eigenvalue weighted by atomic mass is 10.0. The molecule has 1 atom stereocenters. The van der Waals surface area contributed by atoms with Gasteiger partial charge in [0.2, 0.25) is 5.91 Å². The van der Waals surface area contributed by atoms with Crippen molar-refractivity contribution in [3.8, 4) is 22.6 Å². The quantitative estimate of drug-likeness (QED) is 0.442. The number of oxime groups is 1. The number of ether oxygens (including phenoxy) is 2. The van der Waals surface area contributed by atoms with Gasteiger partial charge >= 0.3 is 0 Å². The van der Waals surface area contributed by atoms with E-state index in [4.69, 9.17) is 14.3 Å². The molecule has 4 rings (SSSR count). The van der Waals surface area contributed by atoms with Gasteiger partial charge in [-0.1, -0.05) is 53.7 Å². The minimum atomic E-state index is -0.319. The molecule has 1 N–H and O–H groups in total. The summed E-state index contributed by atoms with van der Waals surface area (Å²) in [7, 11) is 4.62. The molecular weight excluding hydrogens is 470 g/mol. The van der Waals surface area contributed by atoms with Crippen LogP contribution in [0.2, 0.25) is 0 Å². The Morgan fingerprint density at radius 1 is 0.919 bits per heavy atom. The van der Waals surface area contributed by atoms with E-state index in [1.165, 1.54) is 7.11 Å². The summed E-state index contributed by atoms with van der Waals surface area (Å²) < 4.78 is 10.6. The summed E-state index contributed by atoms with van der Waals surface area (Å²) in [6, 6.07) is 22.7. The van der Waals surface area contributed by atoms with Crippen LogP contribution >= 0.6 is 0 Å². The SMILES string of the molecule is CON=C1C[C@@H](CC(=O)NCc2ccc(OC)c(OC)c2)N(C(=O)c2ccc(-c3ccccc3)cc2)C1.